The Kier molecular flexibility index (Phi) is 7.73. The van der Waals surface area contributed by atoms with Crippen LogP contribution in [0.3, 0.4) is 0 Å². The summed E-state index contributed by atoms with van der Waals surface area (Å²) in [6, 6.07) is 13.0. The average Bonchev–Trinajstić information content (AvgIpc) is 2.76. The Hall–Kier alpha value is -3.95. The van der Waals surface area contributed by atoms with Gasteiger partial charge in [0.05, 0.1) is 11.3 Å². The molecular weight excluding hydrogens is 467 g/mol. The van der Waals surface area contributed by atoms with Crippen LogP contribution in [0.4, 0.5) is 27.6 Å². The third-order valence-electron chi connectivity index (χ3n) is 5.27. The second kappa shape index (κ2) is 10.5. The number of rotatable bonds is 7. The molecule has 1 unspecified atom stereocenters. The van der Waals surface area contributed by atoms with Crippen LogP contribution in [0.5, 0.6) is 0 Å². The zero-order valence-electron chi connectivity index (χ0n) is 18.7. The van der Waals surface area contributed by atoms with Gasteiger partial charge in [-0.05, 0) is 53.4 Å². The van der Waals surface area contributed by atoms with E-state index in [0.29, 0.717) is 23.6 Å². The molecule has 0 radical (unpaired) electrons. The minimum absolute atomic E-state index is 0.00843. The lowest BCUT2D eigenvalue weighted by atomic mass is 9.88. The lowest BCUT2D eigenvalue weighted by Crippen LogP contribution is -2.24. The molecule has 0 bridgehead atoms. The van der Waals surface area contributed by atoms with E-state index in [1.165, 1.54) is 12.1 Å². The Morgan fingerprint density at radius 1 is 0.971 bits per heavy atom. The van der Waals surface area contributed by atoms with Crippen molar-refractivity contribution in [2.45, 2.75) is 32.0 Å². The van der Waals surface area contributed by atoms with Gasteiger partial charge in [0, 0.05) is 24.1 Å². The molecule has 35 heavy (non-hydrogen) atoms. The Labute approximate surface area is 198 Å². The van der Waals surface area contributed by atoms with Crippen molar-refractivity contribution < 1.29 is 26.7 Å². The van der Waals surface area contributed by atoms with Crippen molar-refractivity contribution in [3.05, 3.63) is 100 Å². The molecule has 0 aliphatic heterocycles. The van der Waals surface area contributed by atoms with Crippen molar-refractivity contribution in [2.75, 3.05) is 0 Å². The highest BCUT2D eigenvalue weighted by molar-refractivity contribution is 5.95. The summed E-state index contributed by atoms with van der Waals surface area (Å²) >= 11 is 0. The minimum atomic E-state index is -4.70. The summed E-state index contributed by atoms with van der Waals surface area (Å²) in [5, 5.41) is 2.58. The first-order valence-electron chi connectivity index (χ1n) is 10.6. The van der Waals surface area contributed by atoms with Crippen molar-refractivity contribution in [1.82, 2.24) is 5.32 Å². The molecule has 1 amide bonds. The van der Waals surface area contributed by atoms with Crippen molar-refractivity contribution in [3.8, 4) is 0 Å². The standard InChI is InChI=1S/C25H23F5N4O/c1-2-22(16-8-19(26)12-20(27)9-16)15-5-3-4-14(6-15)13-33-23(35)17-7-18(25(28,29)30)11-21(10-17)34-24(31)32/h3-12,22H,2,13H2,1H3,(H,33,35)(H4,31,32,34). The lowest BCUT2D eigenvalue weighted by Gasteiger charge is -2.17. The zero-order valence-corrected chi connectivity index (χ0v) is 18.7. The molecule has 3 aromatic rings. The first-order valence-corrected chi connectivity index (χ1v) is 10.6. The van der Waals surface area contributed by atoms with Crippen LogP contribution in [0.25, 0.3) is 0 Å². The van der Waals surface area contributed by atoms with E-state index in [4.69, 9.17) is 11.5 Å². The molecule has 0 spiro atoms. The predicted molar refractivity (Wildman–Crippen MR) is 123 cm³/mol. The second-order valence-corrected chi connectivity index (χ2v) is 7.89. The molecule has 1 atom stereocenters. The Morgan fingerprint density at radius 2 is 1.66 bits per heavy atom. The van der Waals surface area contributed by atoms with Gasteiger partial charge in [-0.25, -0.2) is 13.8 Å². The van der Waals surface area contributed by atoms with Gasteiger partial charge in [-0.1, -0.05) is 31.2 Å². The molecule has 3 aromatic carbocycles. The zero-order chi connectivity index (χ0) is 25.8. The minimum Gasteiger partial charge on any atom is -0.370 e. The average molecular weight is 490 g/mol. The Morgan fingerprint density at radius 3 is 2.26 bits per heavy atom. The molecule has 0 aliphatic carbocycles. The number of nitrogens with zero attached hydrogens (tertiary/aromatic N) is 1. The van der Waals surface area contributed by atoms with Gasteiger partial charge in [0.25, 0.3) is 5.91 Å². The largest absolute Gasteiger partial charge is 0.416 e. The molecule has 0 fully saturated rings. The number of carbonyl (C=O) groups excluding carboxylic acids is 1. The van der Waals surface area contributed by atoms with Crippen LogP contribution in [0.15, 0.2) is 65.7 Å². The van der Waals surface area contributed by atoms with E-state index in [2.05, 4.69) is 10.3 Å². The number of amides is 1. The lowest BCUT2D eigenvalue weighted by molar-refractivity contribution is -0.137. The highest BCUT2D eigenvalue weighted by Gasteiger charge is 2.32. The van der Waals surface area contributed by atoms with Crippen LogP contribution in [-0.4, -0.2) is 11.9 Å². The van der Waals surface area contributed by atoms with E-state index in [9.17, 15) is 26.7 Å². The van der Waals surface area contributed by atoms with E-state index in [1.807, 2.05) is 6.92 Å². The van der Waals surface area contributed by atoms with Crippen LogP contribution in [0.2, 0.25) is 0 Å². The normalized spacial score (nSPS) is 12.2. The number of guanidine groups is 1. The highest BCUT2D eigenvalue weighted by Crippen LogP contribution is 2.33. The van der Waals surface area contributed by atoms with E-state index in [0.717, 1.165) is 23.8 Å². The van der Waals surface area contributed by atoms with Gasteiger partial charge in [-0.2, -0.15) is 13.2 Å². The molecule has 0 saturated heterocycles. The molecular formula is C25H23F5N4O. The maximum atomic E-state index is 13.7. The summed E-state index contributed by atoms with van der Waals surface area (Å²) in [5.74, 6) is -2.85. The van der Waals surface area contributed by atoms with E-state index in [-0.39, 0.29) is 23.7 Å². The summed E-state index contributed by atoms with van der Waals surface area (Å²) < 4.78 is 67.2. The molecule has 5 N–H and O–H groups in total. The number of nitrogens with one attached hydrogen (secondary N) is 1. The number of benzene rings is 3. The first kappa shape index (κ1) is 25.7. The maximum absolute atomic E-state index is 13.7. The van der Waals surface area contributed by atoms with Gasteiger partial charge in [-0.3, -0.25) is 4.79 Å². The molecule has 184 valence electrons. The molecule has 10 heteroatoms. The highest BCUT2D eigenvalue weighted by atomic mass is 19.4. The van der Waals surface area contributed by atoms with E-state index < -0.39 is 35.2 Å². The molecule has 0 heterocycles. The van der Waals surface area contributed by atoms with Gasteiger partial charge in [0.2, 0.25) is 0 Å². The number of hydrogen-bond acceptors (Lipinski definition) is 2. The van der Waals surface area contributed by atoms with Crippen LogP contribution >= 0.6 is 0 Å². The van der Waals surface area contributed by atoms with Gasteiger partial charge in [-0.15, -0.1) is 0 Å². The fraction of sp³-hybridized carbons (Fsp3) is 0.200. The molecule has 0 aliphatic rings. The number of aliphatic imine (C=N–C) groups is 1. The maximum Gasteiger partial charge on any atom is 0.416 e. The first-order chi connectivity index (χ1) is 16.5. The number of carbonyl (C=O) groups is 1. The quantitative estimate of drug-likeness (QED) is 0.236. The second-order valence-electron chi connectivity index (χ2n) is 7.89. The Balaban J connectivity index is 1.82. The van der Waals surface area contributed by atoms with Crippen LogP contribution < -0.4 is 16.8 Å². The third kappa shape index (κ3) is 6.78. The van der Waals surface area contributed by atoms with Crippen LogP contribution in [0, 0.1) is 11.6 Å². The number of nitrogens with two attached hydrogens (primary N) is 2. The molecule has 5 nitrogen and oxygen atoms in total. The number of halogens is 5. The monoisotopic (exact) mass is 490 g/mol. The number of alkyl halides is 3. The topological polar surface area (TPSA) is 93.5 Å². The Bertz CT molecular complexity index is 1230. The van der Waals surface area contributed by atoms with Crippen molar-refractivity contribution >= 4 is 17.6 Å². The molecule has 0 aromatic heterocycles. The van der Waals surface area contributed by atoms with Gasteiger partial charge < -0.3 is 16.8 Å². The van der Waals surface area contributed by atoms with Gasteiger partial charge in [0.1, 0.15) is 11.6 Å². The summed E-state index contributed by atoms with van der Waals surface area (Å²) in [6.45, 7) is 1.89. The fourth-order valence-electron chi connectivity index (χ4n) is 3.76. The molecule has 3 rings (SSSR count). The van der Waals surface area contributed by atoms with Crippen molar-refractivity contribution in [2.24, 2.45) is 16.5 Å². The van der Waals surface area contributed by atoms with Crippen LogP contribution in [0.1, 0.15) is 51.9 Å². The summed E-state index contributed by atoms with van der Waals surface area (Å²) in [4.78, 5) is 16.2. The van der Waals surface area contributed by atoms with E-state index >= 15 is 0 Å². The SMILES string of the molecule is CCC(c1cc(F)cc(F)c1)c1cccc(CNC(=O)c2cc(N=C(N)N)cc(C(F)(F)F)c2)c1. The predicted octanol–water partition coefficient (Wildman–Crippen LogP) is 5.36. The van der Waals surface area contributed by atoms with Crippen molar-refractivity contribution in [3.63, 3.8) is 0 Å². The van der Waals surface area contributed by atoms with Gasteiger partial charge in [0.15, 0.2) is 5.96 Å². The fourth-order valence-corrected chi connectivity index (χ4v) is 3.76. The number of hydrogen-bond donors (Lipinski definition) is 3. The van der Waals surface area contributed by atoms with E-state index in [1.54, 1.807) is 24.3 Å². The van der Waals surface area contributed by atoms with Crippen molar-refractivity contribution in [1.29, 1.82) is 0 Å². The van der Waals surface area contributed by atoms with Crippen LogP contribution in [-0.2, 0) is 12.7 Å². The summed E-state index contributed by atoms with van der Waals surface area (Å²) in [6.07, 6.45) is -4.14. The summed E-state index contributed by atoms with van der Waals surface area (Å²) in [7, 11) is 0. The third-order valence-corrected chi connectivity index (χ3v) is 5.27. The summed E-state index contributed by atoms with van der Waals surface area (Å²) in [5.41, 5.74) is 10.9. The molecule has 0 saturated carbocycles. The van der Waals surface area contributed by atoms with Gasteiger partial charge >= 0.3 is 6.18 Å². The smallest absolute Gasteiger partial charge is 0.370 e.